The fraction of sp³-hybridized carbons (Fsp3) is 0.200. The zero-order chi connectivity index (χ0) is 7.56. The third-order valence-corrected chi connectivity index (χ3v) is 0.988. The topological polar surface area (TPSA) is 64.1 Å². The van der Waals surface area contributed by atoms with E-state index in [1.165, 1.54) is 19.4 Å². The molecule has 54 valence electrons. The quantitative estimate of drug-likeness (QED) is 0.524. The molecule has 1 heterocycles. The molecule has 0 atom stereocenters. The van der Waals surface area contributed by atoms with E-state index in [0.29, 0.717) is 0 Å². The molecule has 0 aromatic carbocycles. The second-order valence-corrected chi connectivity index (χ2v) is 1.62. The van der Waals surface area contributed by atoms with Crippen LogP contribution in [0.2, 0.25) is 0 Å². The minimum absolute atomic E-state index is 0.432. The van der Waals surface area contributed by atoms with Gasteiger partial charge in [0.15, 0.2) is 0 Å². The van der Waals surface area contributed by atoms with E-state index >= 15 is 0 Å². The number of rotatable bonds is 1. The molecule has 0 fully saturated rings. The number of hydrogen-bond donors (Lipinski definition) is 1. The Morgan fingerprint density at radius 3 is 2.80 bits per heavy atom. The van der Waals surface area contributed by atoms with Crippen LogP contribution in [0, 0.1) is 0 Å². The Balaban J connectivity index is 3.34. The van der Waals surface area contributed by atoms with Gasteiger partial charge in [-0.15, -0.1) is 4.73 Å². The molecule has 0 aliphatic heterocycles. The molecule has 1 aromatic rings. The molecule has 0 spiro atoms. The van der Waals surface area contributed by atoms with Crippen molar-refractivity contribution in [2.75, 3.05) is 7.11 Å². The van der Waals surface area contributed by atoms with Crippen LogP contribution in [0.5, 0.6) is 0 Å². The van der Waals surface area contributed by atoms with E-state index < -0.39 is 11.2 Å². The second-order valence-electron chi connectivity index (χ2n) is 1.62. The maximum absolute atomic E-state index is 10.7. The van der Waals surface area contributed by atoms with Gasteiger partial charge in [0.1, 0.15) is 7.11 Å². The van der Waals surface area contributed by atoms with Gasteiger partial charge >= 0.3 is 5.69 Å². The number of nitrogens with one attached hydrogen (secondary N) is 1. The number of aromatic amines is 1. The van der Waals surface area contributed by atoms with Crippen LogP contribution in [0.1, 0.15) is 0 Å². The highest BCUT2D eigenvalue weighted by molar-refractivity contribution is 4.79. The Bertz CT molecular complexity index is 324. The van der Waals surface area contributed by atoms with Crippen molar-refractivity contribution in [2.24, 2.45) is 0 Å². The fourth-order valence-electron chi connectivity index (χ4n) is 0.549. The van der Waals surface area contributed by atoms with Crippen LogP contribution in [0.15, 0.2) is 21.9 Å². The van der Waals surface area contributed by atoms with Gasteiger partial charge in [-0.2, -0.15) is 0 Å². The van der Waals surface area contributed by atoms with Crippen molar-refractivity contribution in [2.45, 2.75) is 0 Å². The zero-order valence-electron chi connectivity index (χ0n) is 5.33. The molecule has 1 rings (SSSR count). The largest absolute Gasteiger partial charge is 0.413 e. The number of hydrogen-bond acceptors (Lipinski definition) is 3. The Labute approximate surface area is 55.8 Å². The standard InChI is InChI=1S/C5H6N2O3/c1-10-7-3-2-4(8)6-5(7)9/h2-3H,1H3,(H,6,8,9). The molecule has 0 radical (unpaired) electrons. The summed E-state index contributed by atoms with van der Waals surface area (Å²) in [6.45, 7) is 0. The molecular weight excluding hydrogens is 136 g/mol. The van der Waals surface area contributed by atoms with Crippen molar-refractivity contribution in [3.63, 3.8) is 0 Å². The SMILES string of the molecule is COn1ccc(=O)[nH]c1=O. The number of nitrogens with zero attached hydrogens (tertiary/aromatic N) is 1. The number of aromatic nitrogens is 2. The summed E-state index contributed by atoms with van der Waals surface area (Å²) in [4.78, 5) is 27.6. The first-order valence-electron chi connectivity index (χ1n) is 2.60. The molecule has 0 bridgehead atoms. The summed E-state index contributed by atoms with van der Waals surface area (Å²) in [5, 5.41) is 0. The molecule has 1 aromatic heterocycles. The van der Waals surface area contributed by atoms with Crippen molar-refractivity contribution >= 4 is 0 Å². The molecule has 0 saturated heterocycles. The van der Waals surface area contributed by atoms with Gasteiger partial charge in [0, 0.05) is 6.07 Å². The highest BCUT2D eigenvalue weighted by atomic mass is 16.6. The number of H-pyrrole nitrogens is 1. The summed E-state index contributed by atoms with van der Waals surface area (Å²) in [5.74, 6) is 0. The van der Waals surface area contributed by atoms with E-state index in [4.69, 9.17) is 0 Å². The van der Waals surface area contributed by atoms with Crippen LogP contribution in [0.3, 0.4) is 0 Å². The van der Waals surface area contributed by atoms with E-state index in [1.54, 1.807) is 0 Å². The van der Waals surface area contributed by atoms with Gasteiger partial charge < -0.3 is 4.84 Å². The molecule has 0 aliphatic carbocycles. The minimum Gasteiger partial charge on any atom is -0.413 e. The first-order valence-corrected chi connectivity index (χ1v) is 2.60. The summed E-state index contributed by atoms with van der Waals surface area (Å²) >= 11 is 0. The lowest BCUT2D eigenvalue weighted by atomic mass is 10.7. The molecular formula is C5H6N2O3. The molecule has 5 nitrogen and oxygen atoms in total. The fourth-order valence-corrected chi connectivity index (χ4v) is 0.549. The van der Waals surface area contributed by atoms with Gasteiger partial charge in [-0.05, 0) is 0 Å². The van der Waals surface area contributed by atoms with Crippen LogP contribution in [-0.4, -0.2) is 16.8 Å². The zero-order valence-corrected chi connectivity index (χ0v) is 5.33. The molecule has 0 amide bonds. The predicted molar refractivity (Wildman–Crippen MR) is 33.8 cm³/mol. The smallest absolute Gasteiger partial charge is 0.361 e. The average Bonchev–Trinajstić information content (AvgIpc) is 1.88. The predicted octanol–water partition coefficient (Wildman–Crippen LogP) is -1.41. The van der Waals surface area contributed by atoms with Crippen molar-refractivity contribution in [1.82, 2.24) is 9.71 Å². The van der Waals surface area contributed by atoms with Gasteiger partial charge in [0.25, 0.3) is 5.56 Å². The third kappa shape index (κ3) is 1.07. The summed E-state index contributed by atoms with van der Waals surface area (Å²) in [6.07, 6.45) is 1.25. The molecule has 0 saturated carbocycles. The lowest BCUT2D eigenvalue weighted by Crippen LogP contribution is -2.31. The van der Waals surface area contributed by atoms with Gasteiger partial charge in [-0.25, -0.2) is 4.79 Å². The van der Waals surface area contributed by atoms with Gasteiger partial charge in [0.05, 0.1) is 6.20 Å². The Kier molecular flexibility index (Phi) is 1.57. The van der Waals surface area contributed by atoms with Gasteiger partial charge in [0.2, 0.25) is 0 Å². The van der Waals surface area contributed by atoms with Crippen LogP contribution in [-0.2, 0) is 0 Å². The lowest BCUT2D eigenvalue weighted by molar-refractivity contribution is 0.152. The third-order valence-electron chi connectivity index (χ3n) is 0.988. The molecule has 1 N–H and O–H groups in total. The summed E-state index contributed by atoms with van der Waals surface area (Å²) < 4.78 is 0.918. The first-order chi connectivity index (χ1) is 4.74. The second kappa shape index (κ2) is 2.38. The van der Waals surface area contributed by atoms with Crippen LogP contribution >= 0.6 is 0 Å². The Hall–Kier alpha value is -1.52. The highest BCUT2D eigenvalue weighted by Gasteiger charge is 1.90. The summed E-state index contributed by atoms with van der Waals surface area (Å²) in [5.41, 5.74) is -1.01. The Morgan fingerprint density at radius 1 is 1.60 bits per heavy atom. The van der Waals surface area contributed by atoms with E-state index in [1.807, 2.05) is 4.98 Å². The maximum Gasteiger partial charge on any atom is 0.361 e. The van der Waals surface area contributed by atoms with Crippen LogP contribution < -0.4 is 16.1 Å². The van der Waals surface area contributed by atoms with Gasteiger partial charge in [-0.1, -0.05) is 0 Å². The maximum atomic E-state index is 10.7. The van der Waals surface area contributed by atoms with E-state index in [-0.39, 0.29) is 0 Å². The average molecular weight is 142 g/mol. The summed E-state index contributed by atoms with van der Waals surface area (Å²) in [7, 11) is 1.33. The monoisotopic (exact) mass is 142 g/mol. The van der Waals surface area contributed by atoms with Gasteiger partial charge in [-0.3, -0.25) is 9.78 Å². The highest BCUT2D eigenvalue weighted by Crippen LogP contribution is 1.64. The van der Waals surface area contributed by atoms with Crippen molar-refractivity contribution in [1.29, 1.82) is 0 Å². The van der Waals surface area contributed by atoms with E-state index in [2.05, 4.69) is 4.84 Å². The van der Waals surface area contributed by atoms with Crippen molar-refractivity contribution in [3.8, 4) is 0 Å². The van der Waals surface area contributed by atoms with Crippen LogP contribution in [0.4, 0.5) is 0 Å². The normalized spacial score (nSPS) is 9.30. The van der Waals surface area contributed by atoms with E-state index in [0.717, 1.165) is 4.73 Å². The van der Waals surface area contributed by atoms with Crippen molar-refractivity contribution in [3.05, 3.63) is 33.1 Å². The van der Waals surface area contributed by atoms with Crippen molar-refractivity contribution < 1.29 is 4.84 Å². The molecule has 0 aliphatic rings. The molecule has 5 heteroatoms. The molecule has 10 heavy (non-hydrogen) atoms. The molecule has 0 unspecified atom stereocenters. The first kappa shape index (κ1) is 6.60. The lowest BCUT2D eigenvalue weighted by Gasteiger charge is -1.97. The van der Waals surface area contributed by atoms with E-state index in [9.17, 15) is 9.59 Å². The summed E-state index contributed by atoms with van der Waals surface area (Å²) in [6, 6.07) is 1.20. The Morgan fingerprint density at radius 2 is 2.30 bits per heavy atom. The minimum atomic E-state index is -0.574. The van der Waals surface area contributed by atoms with Crippen LogP contribution in [0.25, 0.3) is 0 Å².